The van der Waals surface area contributed by atoms with Crippen LogP contribution in [-0.2, 0) is 6.42 Å². The fourth-order valence-electron chi connectivity index (χ4n) is 2.30. The predicted octanol–water partition coefficient (Wildman–Crippen LogP) is 4.50. The molecular formula is C18H22FN. The Hall–Kier alpha value is -1.67. The summed E-state index contributed by atoms with van der Waals surface area (Å²) in [6.45, 7) is 3.20. The minimum absolute atomic E-state index is 0.177. The molecule has 106 valence electrons. The van der Waals surface area contributed by atoms with Crippen molar-refractivity contribution in [1.29, 1.82) is 0 Å². The van der Waals surface area contributed by atoms with Crippen LogP contribution in [0.25, 0.3) is 0 Å². The molecule has 0 aliphatic carbocycles. The first-order valence-electron chi connectivity index (χ1n) is 7.32. The molecule has 2 rings (SSSR count). The van der Waals surface area contributed by atoms with E-state index in [1.54, 1.807) is 0 Å². The molecule has 0 radical (unpaired) electrons. The van der Waals surface area contributed by atoms with Crippen LogP contribution in [-0.4, -0.2) is 6.54 Å². The second-order valence-electron chi connectivity index (χ2n) is 5.10. The number of rotatable bonds is 7. The highest BCUT2D eigenvalue weighted by molar-refractivity contribution is 5.24. The van der Waals surface area contributed by atoms with Gasteiger partial charge >= 0.3 is 0 Å². The van der Waals surface area contributed by atoms with Gasteiger partial charge in [0.05, 0.1) is 0 Å². The maximum absolute atomic E-state index is 13.0. The van der Waals surface area contributed by atoms with Gasteiger partial charge < -0.3 is 5.32 Å². The van der Waals surface area contributed by atoms with Crippen LogP contribution in [0, 0.1) is 5.82 Å². The molecule has 0 aromatic heterocycles. The maximum Gasteiger partial charge on any atom is 0.123 e. The minimum atomic E-state index is -0.177. The molecule has 2 aromatic rings. The third-order valence-corrected chi connectivity index (χ3v) is 3.48. The second kappa shape index (κ2) is 7.81. The molecule has 0 fully saturated rings. The molecular weight excluding hydrogens is 249 g/mol. The van der Waals surface area contributed by atoms with Crippen LogP contribution in [0.5, 0.6) is 0 Å². The molecule has 2 heteroatoms. The standard InChI is InChI=1S/C18H22FN/c1-2-3-13-20-18(16-7-5-4-6-8-16)14-15-9-11-17(19)12-10-15/h4-12,18,20H,2-3,13-14H2,1H3. The van der Waals surface area contributed by atoms with E-state index in [4.69, 9.17) is 0 Å². The van der Waals surface area contributed by atoms with Crippen LogP contribution in [0.15, 0.2) is 54.6 Å². The molecule has 1 atom stereocenters. The van der Waals surface area contributed by atoms with Crippen molar-refractivity contribution < 1.29 is 4.39 Å². The second-order valence-corrected chi connectivity index (χ2v) is 5.10. The Morgan fingerprint density at radius 3 is 2.35 bits per heavy atom. The van der Waals surface area contributed by atoms with Crippen molar-refractivity contribution in [2.24, 2.45) is 0 Å². The number of unbranched alkanes of at least 4 members (excludes halogenated alkanes) is 1. The first-order valence-corrected chi connectivity index (χ1v) is 7.32. The molecule has 0 amide bonds. The smallest absolute Gasteiger partial charge is 0.123 e. The van der Waals surface area contributed by atoms with Gasteiger partial charge in [0.25, 0.3) is 0 Å². The van der Waals surface area contributed by atoms with E-state index in [-0.39, 0.29) is 11.9 Å². The summed E-state index contributed by atoms with van der Waals surface area (Å²) in [7, 11) is 0. The van der Waals surface area contributed by atoms with Crippen LogP contribution < -0.4 is 5.32 Å². The summed E-state index contributed by atoms with van der Waals surface area (Å²) in [5, 5.41) is 3.61. The highest BCUT2D eigenvalue weighted by Gasteiger charge is 2.11. The van der Waals surface area contributed by atoms with Gasteiger partial charge in [-0.2, -0.15) is 0 Å². The summed E-state index contributed by atoms with van der Waals surface area (Å²) in [6, 6.07) is 17.5. The topological polar surface area (TPSA) is 12.0 Å². The van der Waals surface area contributed by atoms with Crippen molar-refractivity contribution in [3.8, 4) is 0 Å². The average molecular weight is 271 g/mol. The van der Waals surface area contributed by atoms with Gasteiger partial charge in [-0.25, -0.2) is 4.39 Å². The highest BCUT2D eigenvalue weighted by atomic mass is 19.1. The molecule has 1 nitrogen and oxygen atoms in total. The fourth-order valence-corrected chi connectivity index (χ4v) is 2.30. The fraction of sp³-hybridized carbons (Fsp3) is 0.333. The Bertz CT molecular complexity index is 493. The number of nitrogens with one attached hydrogen (secondary N) is 1. The van der Waals surface area contributed by atoms with Crippen molar-refractivity contribution in [3.63, 3.8) is 0 Å². The molecule has 0 heterocycles. The minimum Gasteiger partial charge on any atom is -0.310 e. The zero-order valence-corrected chi connectivity index (χ0v) is 12.0. The lowest BCUT2D eigenvalue weighted by Crippen LogP contribution is -2.24. The van der Waals surface area contributed by atoms with Crippen LogP contribution in [0.2, 0.25) is 0 Å². The molecule has 1 N–H and O–H groups in total. The molecule has 20 heavy (non-hydrogen) atoms. The van der Waals surface area contributed by atoms with Crippen molar-refractivity contribution in [2.75, 3.05) is 6.54 Å². The van der Waals surface area contributed by atoms with Crippen molar-refractivity contribution in [3.05, 3.63) is 71.5 Å². The highest BCUT2D eigenvalue weighted by Crippen LogP contribution is 2.18. The summed E-state index contributed by atoms with van der Waals surface area (Å²) >= 11 is 0. The monoisotopic (exact) mass is 271 g/mol. The maximum atomic E-state index is 13.0. The van der Waals surface area contributed by atoms with E-state index in [9.17, 15) is 4.39 Å². The summed E-state index contributed by atoms with van der Waals surface area (Å²) in [6.07, 6.45) is 3.24. The zero-order chi connectivity index (χ0) is 14.2. The van der Waals surface area contributed by atoms with Gasteiger partial charge in [0.1, 0.15) is 5.82 Å². The van der Waals surface area contributed by atoms with E-state index in [0.29, 0.717) is 0 Å². The van der Waals surface area contributed by atoms with E-state index >= 15 is 0 Å². The molecule has 0 saturated heterocycles. The Morgan fingerprint density at radius 1 is 1.00 bits per heavy atom. The van der Waals surface area contributed by atoms with Crippen LogP contribution in [0.4, 0.5) is 4.39 Å². The lowest BCUT2D eigenvalue weighted by Gasteiger charge is -2.19. The Morgan fingerprint density at radius 2 is 1.70 bits per heavy atom. The van der Waals surface area contributed by atoms with Crippen molar-refractivity contribution in [1.82, 2.24) is 5.32 Å². The van der Waals surface area contributed by atoms with Gasteiger partial charge in [0, 0.05) is 6.04 Å². The van der Waals surface area contributed by atoms with Gasteiger partial charge in [-0.05, 0) is 42.6 Å². The van der Waals surface area contributed by atoms with Crippen molar-refractivity contribution in [2.45, 2.75) is 32.2 Å². The quantitative estimate of drug-likeness (QED) is 0.731. The molecule has 0 saturated carbocycles. The summed E-state index contributed by atoms with van der Waals surface area (Å²) in [5.41, 5.74) is 2.44. The van der Waals surface area contributed by atoms with Gasteiger partial charge in [-0.1, -0.05) is 55.8 Å². The predicted molar refractivity (Wildman–Crippen MR) is 82.2 cm³/mol. The molecule has 0 bridgehead atoms. The number of hydrogen-bond donors (Lipinski definition) is 1. The molecule has 2 aromatic carbocycles. The van der Waals surface area contributed by atoms with Gasteiger partial charge in [-0.3, -0.25) is 0 Å². The summed E-state index contributed by atoms with van der Waals surface area (Å²) < 4.78 is 13.0. The lowest BCUT2D eigenvalue weighted by molar-refractivity contribution is 0.517. The Labute approximate surface area is 120 Å². The number of benzene rings is 2. The lowest BCUT2D eigenvalue weighted by atomic mass is 9.98. The summed E-state index contributed by atoms with van der Waals surface area (Å²) in [4.78, 5) is 0. The van der Waals surface area contributed by atoms with E-state index in [1.165, 1.54) is 30.5 Å². The number of halogens is 1. The third-order valence-electron chi connectivity index (χ3n) is 3.48. The Balaban J connectivity index is 2.07. The third kappa shape index (κ3) is 4.46. The first-order chi connectivity index (χ1) is 9.79. The Kier molecular flexibility index (Phi) is 5.75. The van der Waals surface area contributed by atoms with E-state index < -0.39 is 0 Å². The normalized spacial score (nSPS) is 12.3. The van der Waals surface area contributed by atoms with E-state index in [2.05, 4.69) is 36.5 Å². The van der Waals surface area contributed by atoms with Crippen LogP contribution in [0.3, 0.4) is 0 Å². The zero-order valence-electron chi connectivity index (χ0n) is 12.0. The van der Waals surface area contributed by atoms with E-state index in [0.717, 1.165) is 18.5 Å². The molecule has 0 aliphatic rings. The summed E-state index contributed by atoms with van der Waals surface area (Å²) in [5.74, 6) is -0.177. The van der Waals surface area contributed by atoms with Gasteiger partial charge in [-0.15, -0.1) is 0 Å². The first kappa shape index (κ1) is 14.7. The number of hydrogen-bond acceptors (Lipinski definition) is 1. The molecule has 0 spiro atoms. The largest absolute Gasteiger partial charge is 0.310 e. The van der Waals surface area contributed by atoms with Crippen LogP contribution >= 0.6 is 0 Å². The van der Waals surface area contributed by atoms with Gasteiger partial charge in [0.2, 0.25) is 0 Å². The van der Waals surface area contributed by atoms with Crippen molar-refractivity contribution >= 4 is 0 Å². The van der Waals surface area contributed by atoms with Gasteiger partial charge in [0.15, 0.2) is 0 Å². The molecule has 1 unspecified atom stereocenters. The van der Waals surface area contributed by atoms with Crippen LogP contribution in [0.1, 0.15) is 36.9 Å². The average Bonchev–Trinajstić information content (AvgIpc) is 2.49. The molecule has 0 aliphatic heterocycles. The SMILES string of the molecule is CCCCNC(Cc1ccc(F)cc1)c1ccccc1. The van der Waals surface area contributed by atoms with E-state index in [1.807, 2.05) is 18.2 Å².